The van der Waals surface area contributed by atoms with E-state index >= 15 is 0 Å². The minimum atomic E-state index is -3.63. The molecule has 0 spiro atoms. The molecule has 0 saturated carbocycles. The van der Waals surface area contributed by atoms with E-state index in [1.807, 2.05) is 11.8 Å². The molecule has 2 atom stereocenters. The van der Waals surface area contributed by atoms with Gasteiger partial charge in [-0.1, -0.05) is 25.6 Å². The summed E-state index contributed by atoms with van der Waals surface area (Å²) in [4.78, 5) is 14.6. The average molecular weight is 484 g/mol. The van der Waals surface area contributed by atoms with Crippen LogP contribution in [-0.2, 0) is 27.9 Å². The topological polar surface area (TPSA) is 88.4 Å². The summed E-state index contributed by atoms with van der Waals surface area (Å²) in [5.41, 5.74) is 0.345. The summed E-state index contributed by atoms with van der Waals surface area (Å²) in [5, 5.41) is 8.96. The molecule has 1 aromatic carbocycles. The standard InChI is InChI=1S/C21H30FN5O3S2/c1-5-26-19(13-27(32(4,29)30)18-8-6-17(22)7-9-18)23-24-21(26)31-14-20(28)25-11-15(2)10-16(3)12-25/h6-9,15-16H,5,10-14H2,1-4H3/t15-,16-/m1/s1. The summed E-state index contributed by atoms with van der Waals surface area (Å²) >= 11 is 1.31. The maximum atomic E-state index is 13.3. The van der Waals surface area contributed by atoms with E-state index in [1.165, 1.54) is 40.3 Å². The molecule has 8 nitrogen and oxygen atoms in total. The quantitative estimate of drug-likeness (QED) is 0.537. The second-order valence-corrected chi connectivity index (χ2v) is 11.3. The molecule has 1 aliphatic rings. The minimum absolute atomic E-state index is 0.0407. The number of carbonyl (C=O) groups is 1. The minimum Gasteiger partial charge on any atom is -0.341 e. The molecule has 2 aromatic rings. The van der Waals surface area contributed by atoms with Gasteiger partial charge in [-0.25, -0.2) is 12.8 Å². The van der Waals surface area contributed by atoms with Crippen LogP contribution in [0.1, 0.15) is 33.0 Å². The molecule has 1 saturated heterocycles. The molecule has 176 valence electrons. The van der Waals surface area contributed by atoms with Crippen LogP contribution >= 0.6 is 11.8 Å². The molecule has 32 heavy (non-hydrogen) atoms. The maximum absolute atomic E-state index is 13.3. The number of nitrogens with zero attached hydrogens (tertiary/aromatic N) is 5. The van der Waals surface area contributed by atoms with Crippen molar-refractivity contribution in [2.45, 2.75) is 45.4 Å². The largest absolute Gasteiger partial charge is 0.341 e. The number of anilines is 1. The number of likely N-dealkylation sites (tertiary alicyclic amines) is 1. The Balaban J connectivity index is 1.73. The fraction of sp³-hybridized carbons (Fsp3) is 0.571. The van der Waals surface area contributed by atoms with Crippen molar-refractivity contribution in [3.63, 3.8) is 0 Å². The molecule has 3 rings (SSSR count). The monoisotopic (exact) mass is 483 g/mol. The lowest BCUT2D eigenvalue weighted by molar-refractivity contribution is -0.130. The first kappa shape index (κ1) is 24.5. The van der Waals surface area contributed by atoms with Gasteiger partial charge in [0.1, 0.15) is 5.82 Å². The Morgan fingerprint density at radius 3 is 2.38 bits per heavy atom. The van der Waals surface area contributed by atoms with E-state index < -0.39 is 15.8 Å². The Labute approximate surface area is 193 Å². The van der Waals surface area contributed by atoms with Gasteiger partial charge in [-0.2, -0.15) is 0 Å². The van der Waals surface area contributed by atoms with Crippen LogP contribution in [0, 0.1) is 17.7 Å². The molecular formula is C21H30FN5O3S2. The van der Waals surface area contributed by atoms with E-state index in [2.05, 4.69) is 24.0 Å². The number of carbonyl (C=O) groups excluding carboxylic acids is 1. The number of aromatic nitrogens is 3. The number of hydrogen-bond donors (Lipinski definition) is 0. The van der Waals surface area contributed by atoms with Crippen LogP contribution in [0.4, 0.5) is 10.1 Å². The Morgan fingerprint density at radius 2 is 1.81 bits per heavy atom. The summed E-state index contributed by atoms with van der Waals surface area (Å²) in [7, 11) is -3.63. The molecule has 2 heterocycles. The van der Waals surface area contributed by atoms with Crippen LogP contribution in [0.3, 0.4) is 0 Å². The molecule has 1 aromatic heterocycles. The highest BCUT2D eigenvalue weighted by molar-refractivity contribution is 7.99. The molecule has 1 amide bonds. The fourth-order valence-corrected chi connectivity index (χ4v) is 5.86. The van der Waals surface area contributed by atoms with Crippen LogP contribution in [0.25, 0.3) is 0 Å². The second kappa shape index (κ2) is 10.2. The van der Waals surface area contributed by atoms with E-state index in [-0.39, 0.29) is 18.2 Å². The zero-order valence-electron chi connectivity index (χ0n) is 18.9. The van der Waals surface area contributed by atoms with Gasteiger partial charge in [-0.15, -0.1) is 10.2 Å². The number of sulfonamides is 1. The van der Waals surface area contributed by atoms with Crippen molar-refractivity contribution in [3.05, 3.63) is 35.9 Å². The summed E-state index contributed by atoms with van der Waals surface area (Å²) in [6.45, 7) is 8.27. The van der Waals surface area contributed by atoms with Crippen LogP contribution in [-0.4, -0.2) is 59.1 Å². The van der Waals surface area contributed by atoms with Gasteiger partial charge in [0, 0.05) is 19.6 Å². The molecule has 11 heteroatoms. The summed E-state index contributed by atoms with van der Waals surface area (Å²) in [6.07, 6.45) is 2.23. The molecular weight excluding hydrogens is 453 g/mol. The van der Waals surface area contributed by atoms with Gasteiger partial charge in [0.2, 0.25) is 15.9 Å². The second-order valence-electron chi connectivity index (χ2n) is 8.42. The maximum Gasteiger partial charge on any atom is 0.233 e. The van der Waals surface area contributed by atoms with Gasteiger partial charge < -0.3 is 9.47 Å². The highest BCUT2D eigenvalue weighted by Crippen LogP contribution is 2.25. The summed E-state index contributed by atoms with van der Waals surface area (Å²) in [6, 6.07) is 5.26. The van der Waals surface area contributed by atoms with Crippen LogP contribution in [0.15, 0.2) is 29.4 Å². The van der Waals surface area contributed by atoms with Crippen LogP contribution in [0.5, 0.6) is 0 Å². The van der Waals surface area contributed by atoms with Crippen molar-refractivity contribution in [2.75, 3.05) is 29.4 Å². The Hall–Kier alpha value is -2.14. The van der Waals surface area contributed by atoms with Crippen molar-refractivity contribution < 1.29 is 17.6 Å². The van der Waals surface area contributed by atoms with E-state index in [0.717, 1.165) is 25.8 Å². The van der Waals surface area contributed by atoms with E-state index in [0.29, 0.717) is 35.0 Å². The van der Waals surface area contributed by atoms with E-state index in [1.54, 1.807) is 4.57 Å². The van der Waals surface area contributed by atoms with Crippen LogP contribution in [0.2, 0.25) is 0 Å². The lowest BCUT2D eigenvalue weighted by atomic mass is 9.92. The van der Waals surface area contributed by atoms with Crippen molar-refractivity contribution in [1.29, 1.82) is 0 Å². The SMILES string of the molecule is CCn1c(CN(c2ccc(F)cc2)S(C)(=O)=O)nnc1SCC(=O)N1C[C@H](C)C[C@@H](C)C1. The predicted octanol–water partition coefficient (Wildman–Crippen LogP) is 3.00. The summed E-state index contributed by atoms with van der Waals surface area (Å²) < 4.78 is 41.0. The Bertz CT molecular complexity index is 1030. The first-order valence-electron chi connectivity index (χ1n) is 10.6. The van der Waals surface area contributed by atoms with Gasteiger partial charge in [0.25, 0.3) is 0 Å². The van der Waals surface area contributed by atoms with E-state index in [9.17, 15) is 17.6 Å². The number of amides is 1. The Morgan fingerprint density at radius 1 is 1.19 bits per heavy atom. The smallest absolute Gasteiger partial charge is 0.233 e. The normalized spacial score (nSPS) is 19.2. The number of rotatable bonds is 8. The molecule has 1 fully saturated rings. The highest BCUT2D eigenvalue weighted by Gasteiger charge is 2.26. The highest BCUT2D eigenvalue weighted by atomic mass is 32.2. The molecule has 0 aliphatic carbocycles. The molecule has 1 aliphatic heterocycles. The lowest BCUT2D eigenvalue weighted by Gasteiger charge is -2.34. The summed E-state index contributed by atoms with van der Waals surface area (Å²) in [5.74, 6) is 1.33. The first-order chi connectivity index (χ1) is 15.1. The van der Waals surface area contributed by atoms with E-state index in [4.69, 9.17) is 0 Å². The average Bonchev–Trinajstić information content (AvgIpc) is 3.11. The first-order valence-corrected chi connectivity index (χ1v) is 13.5. The van der Waals surface area contributed by atoms with Gasteiger partial charge >= 0.3 is 0 Å². The third-order valence-corrected chi connectivity index (χ3v) is 7.55. The van der Waals surface area contributed by atoms with Crippen molar-refractivity contribution >= 4 is 33.4 Å². The Kier molecular flexibility index (Phi) is 7.81. The zero-order valence-corrected chi connectivity index (χ0v) is 20.5. The predicted molar refractivity (Wildman–Crippen MR) is 123 cm³/mol. The third kappa shape index (κ3) is 6.00. The van der Waals surface area contributed by atoms with Crippen molar-refractivity contribution in [3.8, 4) is 0 Å². The molecule has 0 radical (unpaired) electrons. The third-order valence-electron chi connectivity index (χ3n) is 5.46. The number of thioether (sulfide) groups is 1. The van der Waals surface area contributed by atoms with Crippen LogP contribution < -0.4 is 4.31 Å². The molecule has 0 bridgehead atoms. The fourth-order valence-electron chi connectivity index (χ4n) is 4.08. The number of halogens is 1. The van der Waals surface area contributed by atoms with Gasteiger partial charge in [0.05, 0.1) is 24.2 Å². The number of piperidine rings is 1. The van der Waals surface area contributed by atoms with Crippen molar-refractivity contribution in [2.24, 2.45) is 11.8 Å². The zero-order chi connectivity index (χ0) is 23.5. The van der Waals surface area contributed by atoms with Gasteiger partial charge in [-0.05, 0) is 49.4 Å². The van der Waals surface area contributed by atoms with Crippen molar-refractivity contribution in [1.82, 2.24) is 19.7 Å². The lowest BCUT2D eigenvalue weighted by Crippen LogP contribution is -2.43. The molecule has 0 N–H and O–H groups in total. The van der Waals surface area contributed by atoms with Gasteiger partial charge in [0.15, 0.2) is 11.0 Å². The number of hydrogen-bond acceptors (Lipinski definition) is 6. The molecule has 0 unspecified atom stereocenters. The number of benzene rings is 1. The van der Waals surface area contributed by atoms with Gasteiger partial charge in [-0.3, -0.25) is 9.10 Å².